The summed E-state index contributed by atoms with van der Waals surface area (Å²) in [5.74, 6) is 0.452. The van der Waals surface area contributed by atoms with Crippen molar-refractivity contribution in [1.82, 2.24) is 24.2 Å². The van der Waals surface area contributed by atoms with Gasteiger partial charge in [-0.25, -0.2) is 4.98 Å². The summed E-state index contributed by atoms with van der Waals surface area (Å²) in [4.78, 5) is 6.27. The van der Waals surface area contributed by atoms with Crippen LogP contribution in [0.5, 0.6) is 0 Å². The highest BCUT2D eigenvalue weighted by molar-refractivity contribution is 5.12. The second-order valence-electron chi connectivity index (χ2n) is 5.66. The Hall–Kier alpha value is -1.83. The minimum absolute atomic E-state index is 0.199. The van der Waals surface area contributed by atoms with Gasteiger partial charge in [-0.05, 0) is 19.4 Å². The lowest BCUT2D eigenvalue weighted by atomic mass is 10.1. The first-order valence-electron chi connectivity index (χ1n) is 7.22. The summed E-state index contributed by atoms with van der Waals surface area (Å²) in [5.41, 5.74) is 1.11. The van der Waals surface area contributed by atoms with Crippen LogP contribution in [0.2, 0.25) is 0 Å². The van der Waals surface area contributed by atoms with Gasteiger partial charge in [0.15, 0.2) is 0 Å². The zero-order valence-corrected chi connectivity index (χ0v) is 12.3. The van der Waals surface area contributed by atoms with Gasteiger partial charge in [0.2, 0.25) is 0 Å². The molecule has 1 saturated heterocycles. The molecule has 8 heteroatoms. The van der Waals surface area contributed by atoms with E-state index in [-0.39, 0.29) is 6.04 Å². The molecule has 1 aliphatic rings. The van der Waals surface area contributed by atoms with Crippen LogP contribution < -0.4 is 0 Å². The summed E-state index contributed by atoms with van der Waals surface area (Å²) in [6, 6.07) is 0.199. The molecule has 0 amide bonds. The normalized spacial score (nSPS) is 19.9. The van der Waals surface area contributed by atoms with Crippen LogP contribution in [-0.4, -0.2) is 37.0 Å². The molecule has 0 spiro atoms. The van der Waals surface area contributed by atoms with E-state index in [4.69, 9.17) is 0 Å². The number of imidazole rings is 1. The molecular formula is C14H18F3N5. The summed E-state index contributed by atoms with van der Waals surface area (Å²) < 4.78 is 40.7. The third-order valence-corrected chi connectivity index (χ3v) is 3.97. The molecule has 22 heavy (non-hydrogen) atoms. The van der Waals surface area contributed by atoms with Crippen LogP contribution in [0.15, 0.2) is 24.8 Å². The Kier molecular flexibility index (Phi) is 3.94. The number of hydrogen-bond acceptors (Lipinski definition) is 3. The van der Waals surface area contributed by atoms with Gasteiger partial charge < -0.3 is 4.57 Å². The van der Waals surface area contributed by atoms with E-state index in [1.54, 1.807) is 4.68 Å². The number of aryl methyl sites for hydroxylation is 1. The quantitative estimate of drug-likeness (QED) is 0.870. The Balaban J connectivity index is 1.74. The van der Waals surface area contributed by atoms with Gasteiger partial charge in [0.05, 0.1) is 12.7 Å². The highest BCUT2D eigenvalue weighted by Gasteiger charge is 2.31. The molecule has 3 heterocycles. The second kappa shape index (κ2) is 5.75. The first-order valence-corrected chi connectivity index (χ1v) is 7.22. The minimum atomic E-state index is -4.23. The van der Waals surface area contributed by atoms with Gasteiger partial charge in [-0.2, -0.15) is 18.3 Å². The van der Waals surface area contributed by atoms with Gasteiger partial charge in [-0.3, -0.25) is 9.58 Å². The fraction of sp³-hybridized carbons (Fsp3) is 0.571. The summed E-state index contributed by atoms with van der Waals surface area (Å²) in [7, 11) is 1.86. The molecular weight excluding hydrogens is 295 g/mol. The number of aromatic nitrogens is 4. The average molecular weight is 313 g/mol. The lowest BCUT2D eigenvalue weighted by Gasteiger charge is -2.23. The lowest BCUT2D eigenvalue weighted by molar-refractivity contribution is -0.141. The number of hydrogen-bond donors (Lipinski definition) is 0. The molecule has 1 aliphatic heterocycles. The van der Waals surface area contributed by atoms with Gasteiger partial charge in [0.1, 0.15) is 12.4 Å². The third kappa shape index (κ3) is 3.32. The van der Waals surface area contributed by atoms with Crippen molar-refractivity contribution in [3.05, 3.63) is 36.2 Å². The first-order chi connectivity index (χ1) is 10.4. The van der Waals surface area contributed by atoms with E-state index in [2.05, 4.69) is 15.0 Å². The monoisotopic (exact) mass is 313 g/mol. The topological polar surface area (TPSA) is 38.9 Å². The van der Waals surface area contributed by atoms with E-state index >= 15 is 0 Å². The van der Waals surface area contributed by atoms with E-state index in [1.165, 1.54) is 17.0 Å². The zero-order valence-electron chi connectivity index (χ0n) is 12.3. The molecule has 0 bridgehead atoms. The smallest absolute Gasteiger partial charge is 0.325 e. The number of halogens is 3. The molecule has 1 atom stereocenters. The van der Waals surface area contributed by atoms with Crippen molar-refractivity contribution in [2.24, 2.45) is 7.05 Å². The van der Waals surface area contributed by atoms with Crippen LogP contribution in [0.3, 0.4) is 0 Å². The molecule has 0 aromatic carbocycles. The molecule has 0 N–H and O–H groups in total. The van der Waals surface area contributed by atoms with Crippen molar-refractivity contribution in [2.45, 2.75) is 38.1 Å². The maximum absolute atomic E-state index is 12.6. The number of rotatable bonds is 4. The van der Waals surface area contributed by atoms with Gasteiger partial charge in [0, 0.05) is 37.2 Å². The molecule has 1 unspecified atom stereocenters. The van der Waals surface area contributed by atoms with Gasteiger partial charge in [0.25, 0.3) is 0 Å². The van der Waals surface area contributed by atoms with Crippen molar-refractivity contribution < 1.29 is 13.2 Å². The van der Waals surface area contributed by atoms with Crippen molar-refractivity contribution in [3.8, 4) is 0 Å². The number of alkyl halides is 3. The lowest BCUT2D eigenvalue weighted by Crippen LogP contribution is -2.26. The highest BCUT2D eigenvalue weighted by Crippen LogP contribution is 2.32. The Bertz CT molecular complexity index is 630. The number of likely N-dealkylation sites (tertiary alicyclic amines) is 1. The average Bonchev–Trinajstić information content (AvgIpc) is 3.11. The summed E-state index contributed by atoms with van der Waals surface area (Å²) in [5, 5.41) is 4.18. The van der Waals surface area contributed by atoms with Crippen LogP contribution in [0.4, 0.5) is 13.2 Å². The predicted octanol–water partition coefficient (Wildman–Crippen LogP) is 2.52. The molecule has 5 nitrogen and oxygen atoms in total. The minimum Gasteiger partial charge on any atom is -0.325 e. The molecule has 120 valence electrons. The fourth-order valence-corrected chi connectivity index (χ4v) is 3.02. The zero-order chi connectivity index (χ0) is 15.7. The van der Waals surface area contributed by atoms with Crippen LogP contribution >= 0.6 is 0 Å². The third-order valence-electron chi connectivity index (χ3n) is 3.97. The molecule has 2 aromatic heterocycles. The summed E-state index contributed by atoms with van der Waals surface area (Å²) in [6.45, 7) is 0.287. The van der Waals surface area contributed by atoms with Crippen LogP contribution in [0.25, 0.3) is 0 Å². The highest BCUT2D eigenvalue weighted by atomic mass is 19.4. The van der Waals surface area contributed by atoms with E-state index in [1.807, 2.05) is 19.4 Å². The molecule has 2 aromatic rings. The van der Waals surface area contributed by atoms with Gasteiger partial charge in [-0.15, -0.1) is 0 Å². The van der Waals surface area contributed by atoms with Crippen LogP contribution in [0.1, 0.15) is 30.3 Å². The maximum atomic E-state index is 12.6. The second-order valence-corrected chi connectivity index (χ2v) is 5.66. The molecule has 0 aliphatic carbocycles. The van der Waals surface area contributed by atoms with Gasteiger partial charge >= 0.3 is 6.18 Å². The Labute approximate surface area is 126 Å². The Morgan fingerprint density at radius 3 is 2.86 bits per heavy atom. The van der Waals surface area contributed by atoms with Crippen molar-refractivity contribution in [2.75, 3.05) is 6.54 Å². The Morgan fingerprint density at radius 2 is 2.18 bits per heavy atom. The first kappa shape index (κ1) is 15.1. The van der Waals surface area contributed by atoms with Gasteiger partial charge in [-0.1, -0.05) is 0 Å². The molecule has 1 fully saturated rings. The van der Waals surface area contributed by atoms with Crippen molar-refractivity contribution in [1.29, 1.82) is 0 Å². The summed E-state index contributed by atoms with van der Waals surface area (Å²) >= 11 is 0. The fourth-order valence-electron chi connectivity index (χ4n) is 3.02. The van der Waals surface area contributed by atoms with E-state index in [0.717, 1.165) is 24.9 Å². The van der Waals surface area contributed by atoms with E-state index in [0.29, 0.717) is 12.4 Å². The standard InChI is InChI=1S/C14H18F3N5/c1-20-8-11(7-19-20)12-3-2-5-21(12)9-13-18-4-6-22(13)10-14(15,16)17/h4,6-8,12H,2-3,5,9-10H2,1H3. The SMILES string of the molecule is Cn1cc(C2CCCN2Cc2nccn2CC(F)(F)F)cn1. The van der Waals surface area contributed by atoms with E-state index in [9.17, 15) is 13.2 Å². The van der Waals surface area contributed by atoms with Crippen molar-refractivity contribution in [3.63, 3.8) is 0 Å². The maximum Gasteiger partial charge on any atom is 0.406 e. The number of nitrogens with zero attached hydrogens (tertiary/aromatic N) is 5. The van der Waals surface area contributed by atoms with Crippen molar-refractivity contribution >= 4 is 0 Å². The Morgan fingerprint density at radius 1 is 1.36 bits per heavy atom. The molecule has 3 rings (SSSR count). The largest absolute Gasteiger partial charge is 0.406 e. The predicted molar refractivity (Wildman–Crippen MR) is 73.9 cm³/mol. The molecule has 0 radical (unpaired) electrons. The van der Waals surface area contributed by atoms with Crippen LogP contribution in [-0.2, 0) is 20.1 Å². The summed E-state index contributed by atoms with van der Waals surface area (Å²) in [6.07, 6.45) is 4.39. The van der Waals surface area contributed by atoms with Crippen LogP contribution in [0, 0.1) is 0 Å². The molecule has 0 saturated carbocycles. The van der Waals surface area contributed by atoms with E-state index < -0.39 is 12.7 Å².